The maximum absolute atomic E-state index is 5.77. The predicted octanol–water partition coefficient (Wildman–Crippen LogP) is 3.43. The first-order valence-corrected chi connectivity index (χ1v) is 10.7. The van der Waals surface area contributed by atoms with Crippen LogP contribution in [-0.4, -0.2) is 61.2 Å². The van der Waals surface area contributed by atoms with Crippen molar-refractivity contribution < 1.29 is 18.6 Å². The van der Waals surface area contributed by atoms with Crippen LogP contribution in [0.4, 0.5) is 5.69 Å². The number of aromatic nitrogens is 2. The van der Waals surface area contributed by atoms with Crippen LogP contribution in [0, 0.1) is 4.84 Å². The van der Waals surface area contributed by atoms with Gasteiger partial charge in [-0.05, 0) is 42.5 Å². The number of rotatable bonds is 5. The van der Waals surface area contributed by atoms with E-state index < -0.39 is 0 Å². The molecule has 0 aliphatic carbocycles. The van der Waals surface area contributed by atoms with Crippen molar-refractivity contribution in [1.82, 2.24) is 14.7 Å². The highest BCUT2D eigenvalue weighted by molar-refractivity contribution is 7.71. The van der Waals surface area contributed by atoms with Crippen molar-refractivity contribution in [3.05, 3.63) is 47.3 Å². The molecule has 3 aromatic rings. The molecule has 0 N–H and O–H groups in total. The largest absolute Gasteiger partial charge is 0.497 e. The summed E-state index contributed by atoms with van der Waals surface area (Å²) in [6.45, 7) is 5.36. The van der Waals surface area contributed by atoms with Gasteiger partial charge in [0, 0.05) is 43.5 Å². The number of nitrogens with zero attached hydrogens (tertiary/aromatic N) is 4. The van der Waals surface area contributed by atoms with Crippen molar-refractivity contribution in [2.24, 2.45) is 0 Å². The number of fused-ring (bicyclic) bond motifs is 1. The summed E-state index contributed by atoms with van der Waals surface area (Å²) >= 11 is 5.42. The van der Waals surface area contributed by atoms with Gasteiger partial charge in [0.2, 0.25) is 5.89 Å². The Bertz CT molecular complexity index is 1120. The fourth-order valence-corrected chi connectivity index (χ4v) is 4.01. The first kappa shape index (κ1) is 19.9. The summed E-state index contributed by atoms with van der Waals surface area (Å²) in [4.78, 5) is 5.05. The summed E-state index contributed by atoms with van der Waals surface area (Å²) in [5.41, 5.74) is 2.00. The Hall–Kier alpha value is -3.04. The molecule has 2 aliphatic rings. The second-order valence-electron chi connectivity index (χ2n) is 7.48. The van der Waals surface area contributed by atoms with Crippen molar-refractivity contribution >= 4 is 17.9 Å². The SMILES string of the molecule is COc1cccc(N2CCN(Cn3nc(-c4ccc5c(c4)OCCO5)oc3=S)CC2)c1. The molecule has 5 rings (SSSR count). The van der Waals surface area contributed by atoms with Gasteiger partial charge in [0.05, 0.1) is 13.8 Å². The van der Waals surface area contributed by atoms with Gasteiger partial charge in [0.15, 0.2) is 11.5 Å². The molecule has 0 unspecified atom stereocenters. The van der Waals surface area contributed by atoms with Crippen LogP contribution in [0.1, 0.15) is 0 Å². The Kier molecular flexibility index (Phi) is 5.52. The van der Waals surface area contributed by atoms with Gasteiger partial charge in [-0.25, -0.2) is 4.68 Å². The fraction of sp³-hybridized carbons (Fsp3) is 0.364. The van der Waals surface area contributed by atoms with E-state index in [0.717, 1.165) is 43.2 Å². The lowest BCUT2D eigenvalue weighted by Crippen LogP contribution is -2.46. The molecule has 3 heterocycles. The van der Waals surface area contributed by atoms with Crippen LogP contribution in [0.2, 0.25) is 0 Å². The zero-order chi connectivity index (χ0) is 21.2. The smallest absolute Gasteiger partial charge is 0.288 e. The molecule has 31 heavy (non-hydrogen) atoms. The van der Waals surface area contributed by atoms with Gasteiger partial charge in [-0.3, -0.25) is 4.90 Å². The first-order valence-electron chi connectivity index (χ1n) is 10.3. The lowest BCUT2D eigenvalue weighted by atomic mass is 10.2. The van der Waals surface area contributed by atoms with Crippen LogP contribution < -0.4 is 19.1 Å². The Labute approximate surface area is 185 Å². The molecule has 9 heteroatoms. The normalized spacial score (nSPS) is 16.4. The van der Waals surface area contributed by atoms with Crippen molar-refractivity contribution in [2.75, 3.05) is 51.4 Å². The lowest BCUT2D eigenvalue weighted by Gasteiger charge is -2.35. The van der Waals surface area contributed by atoms with E-state index in [9.17, 15) is 0 Å². The second kappa shape index (κ2) is 8.60. The molecule has 8 nitrogen and oxygen atoms in total. The summed E-state index contributed by atoms with van der Waals surface area (Å²) in [5.74, 6) is 2.80. The van der Waals surface area contributed by atoms with E-state index in [0.29, 0.717) is 36.4 Å². The molecule has 1 saturated heterocycles. The zero-order valence-electron chi connectivity index (χ0n) is 17.3. The van der Waals surface area contributed by atoms with Crippen molar-refractivity contribution in [2.45, 2.75) is 6.67 Å². The summed E-state index contributed by atoms with van der Waals surface area (Å²) in [7, 11) is 1.69. The molecule has 1 fully saturated rings. The number of ether oxygens (including phenoxy) is 3. The molecule has 0 spiro atoms. The molecule has 2 aromatic carbocycles. The molecule has 1 aromatic heterocycles. The Morgan fingerprint density at radius 3 is 2.61 bits per heavy atom. The zero-order valence-corrected chi connectivity index (χ0v) is 18.1. The van der Waals surface area contributed by atoms with Crippen molar-refractivity contribution in [3.63, 3.8) is 0 Å². The van der Waals surface area contributed by atoms with Gasteiger partial charge in [0.25, 0.3) is 4.84 Å². The van der Waals surface area contributed by atoms with E-state index in [2.05, 4.69) is 27.0 Å². The fourth-order valence-electron chi connectivity index (χ4n) is 3.83. The van der Waals surface area contributed by atoms with Crippen molar-refractivity contribution in [1.29, 1.82) is 0 Å². The molecular weight excluding hydrogens is 416 g/mol. The Balaban J connectivity index is 1.24. The van der Waals surface area contributed by atoms with E-state index in [4.69, 9.17) is 30.8 Å². The van der Waals surface area contributed by atoms with E-state index >= 15 is 0 Å². The molecule has 0 amide bonds. The highest BCUT2D eigenvalue weighted by Gasteiger charge is 2.20. The number of benzene rings is 2. The molecular formula is C22H24N4O4S. The van der Waals surface area contributed by atoms with E-state index in [-0.39, 0.29) is 0 Å². The highest BCUT2D eigenvalue weighted by Crippen LogP contribution is 2.34. The van der Waals surface area contributed by atoms with Gasteiger partial charge >= 0.3 is 0 Å². The number of hydrogen-bond donors (Lipinski definition) is 0. The average Bonchev–Trinajstić information content (AvgIpc) is 3.19. The van der Waals surface area contributed by atoms with Crippen LogP contribution in [0.3, 0.4) is 0 Å². The summed E-state index contributed by atoms with van der Waals surface area (Å²) in [6, 6.07) is 13.8. The molecule has 0 saturated carbocycles. The standard InChI is InChI=1S/C22H24N4O4S/c1-27-18-4-2-3-17(14-18)25-9-7-24(8-10-25)15-26-22(31)30-21(23-26)16-5-6-19-20(13-16)29-12-11-28-19/h2-6,13-14H,7-12,15H2,1H3. The number of methoxy groups -OCH3 is 1. The third kappa shape index (κ3) is 4.24. The predicted molar refractivity (Wildman–Crippen MR) is 119 cm³/mol. The van der Waals surface area contributed by atoms with Crippen LogP contribution in [0.25, 0.3) is 11.5 Å². The Morgan fingerprint density at radius 1 is 1.00 bits per heavy atom. The minimum atomic E-state index is 0.361. The topological polar surface area (TPSA) is 65.1 Å². The van der Waals surface area contributed by atoms with Gasteiger partial charge in [-0.1, -0.05) is 6.07 Å². The van der Waals surface area contributed by atoms with Crippen LogP contribution in [0.15, 0.2) is 46.9 Å². The van der Waals surface area contributed by atoms with Crippen molar-refractivity contribution in [3.8, 4) is 28.7 Å². The maximum atomic E-state index is 5.77. The maximum Gasteiger partial charge on any atom is 0.288 e. The van der Waals surface area contributed by atoms with Gasteiger partial charge < -0.3 is 23.5 Å². The van der Waals surface area contributed by atoms with E-state index in [1.807, 2.05) is 30.3 Å². The summed E-state index contributed by atoms with van der Waals surface area (Å²) in [6.07, 6.45) is 0. The van der Waals surface area contributed by atoms with Crippen LogP contribution in [-0.2, 0) is 6.67 Å². The average molecular weight is 441 g/mol. The molecule has 2 aliphatic heterocycles. The number of piperazine rings is 1. The molecule has 162 valence electrons. The Morgan fingerprint density at radius 2 is 1.81 bits per heavy atom. The number of hydrogen-bond acceptors (Lipinski definition) is 8. The van der Waals surface area contributed by atoms with Gasteiger partial charge in [-0.15, -0.1) is 5.10 Å². The lowest BCUT2D eigenvalue weighted by molar-refractivity contribution is 0.171. The van der Waals surface area contributed by atoms with Crippen LogP contribution >= 0.6 is 12.2 Å². The van der Waals surface area contributed by atoms with E-state index in [1.165, 1.54) is 5.69 Å². The third-order valence-electron chi connectivity index (χ3n) is 5.52. The minimum absolute atomic E-state index is 0.361. The summed E-state index contributed by atoms with van der Waals surface area (Å²) < 4.78 is 24.1. The first-order chi connectivity index (χ1) is 15.2. The summed E-state index contributed by atoms with van der Waals surface area (Å²) in [5, 5.41) is 4.60. The van der Waals surface area contributed by atoms with Gasteiger partial charge in [0.1, 0.15) is 19.0 Å². The molecule has 0 atom stereocenters. The molecule has 0 bridgehead atoms. The molecule has 0 radical (unpaired) electrons. The second-order valence-corrected chi connectivity index (χ2v) is 7.83. The highest BCUT2D eigenvalue weighted by atomic mass is 32.1. The van der Waals surface area contributed by atoms with Gasteiger partial charge in [-0.2, -0.15) is 0 Å². The van der Waals surface area contributed by atoms with Crippen LogP contribution in [0.5, 0.6) is 17.2 Å². The number of anilines is 1. The monoisotopic (exact) mass is 440 g/mol. The van der Waals surface area contributed by atoms with E-state index in [1.54, 1.807) is 11.8 Å². The third-order valence-corrected chi connectivity index (χ3v) is 5.81. The quantitative estimate of drug-likeness (QED) is 0.559. The minimum Gasteiger partial charge on any atom is -0.497 e.